The second-order valence-electron chi connectivity index (χ2n) is 4.04. The lowest BCUT2D eigenvalue weighted by Gasteiger charge is -2.17. The monoisotopic (exact) mass is 301 g/mol. The Morgan fingerprint density at radius 2 is 2.05 bits per heavy atom. The molecule has 0 saturated heterocycles. The number of carboxylic acid groups (broad SMARTS) is 1. The minimum atomic E-state index is -1.09. The molecule has 1 amide bonds. The zero-order valence-corrected chi connectivity index (χ0v) is 12.0. The molecule has 0 spiro atoms. The molecule has 0 saturated carbocycles. The van der Waals surface area contributed by atoms with Gasteiger partial charge in [-0.05, 0) is 18.2 Å². The van der Waals surface area contributed by atoms with Gasteiger partial charge in [-0.15, -0.1) is 0 Å². The van der Waals surface area contributed by atoms with Crippen LogP contribution in [0, 0.1) is 0 Å². The molecule has 1 aromatic rings. The number of hydrogen-bond donors (Lipinski definition) is 1. The van der Waals surface area contributed by atoms with Crippen LogP contribution in [0.4, 0.5) is 0 Å². The molecule has 0 bridgehead atoms. The Hall–Kier alpha value is -1.79. The molecule has 0 radical (unpaired) electrons. The number of methoxy groups -OCH3 is 1. The van der Waals surface area contributed by atoms with Crippen LogP contribution in [0.3, 0.4) is 0 Å². The van der Waals surface area contributed by atoms with Gasteiger partial charge in [-0.25, -0.2) is 0 Å². The first-order valence-corrected chi connectivity index (χ1v) is 6.22. The van der Waals surface area contributed by atoms with Gasteiger partial charge in [-0.2, -0.15) is 0 Å². The normalized spacial score (nSPS) is 10.2. The lowest BCUT2D eigenvalue weighted by atomic mass is 10.1. The maximum atomic E-state index is 12.2. The van der Waals surface area contributed by atoms with Crippen molar-refractivity contribution in [2.45, 2.75) is 0 Å². The summed E-state index contributed by atoms with van der Waals surface area (Å²) in [7, 11) is 2.94. The van der Waals surface area contributed by atoms with Crippen LogP contribution in [-0.4, -0.2) is 55.8 Å². The van der Waals surface area contributed by atoms with Gasteiger partial charge < -0.3 is 19.5 Å². The van der Waals surface area contributed by atoms with E-state index in [9.17, 15) is 9.59 Å². The summed E-state index contributed by atoms with van der Waals surface area (Å²) < 4.78 is 10.3. The van der Waals surface area contributed by atoms with Gasteiger partial charge in [0.15, 0.2) is 0 Å². The molecule has 0 aliphatic heterocycles. The van der Waals surface area contributed by atoms with E-state index in [0.717, 1.165) is 4.90 Å². The lowest BCUT2D eigenvalue weighted by Crippen LogP contribution is -2.32. The van der Waals surface area contributed by atoms with E-state index in [1.807, 2.05) is 0 Å². The number of ether oxygens (including phenoxy) is 2. The molecule has 0 atom stereocenters. The number of carbonyl (C=O) groups excluding carboxylic acids is 1. The van der Waals surface area contributed by atoms with Gasteiger partial charge in [0.1, 0.15) is 18.9 Å². The Morgan fingerprint density at radius 3 is 2.65 bits per heavy atom. The average molecular weight is 302 g/mol. The molecule has 1 aromatic carbocycles. The molecule has 20 heavy (non-hydrogen) atoms. The molecule has 0 aliphatic carbocycles. The van der Waals surface area contributed by atoms with Gasteiger partial charge >= 0.3 is 5.97 Å². The number of amides is 1. The van der Waals surface area contributed by atoms with Crippen molar-refractivity contribution >= 4 is 23.5 Å². The molecular formula is C13H16ClNO5. The molecule has 0 aromatic heterocycles. The van der Waals surface area contributed by atoms with E-state index in [0.29, 0.717) is 17.4 Å². The van der Waals surface area contributed by atoms with Crippen molar-refractivity contribution < 1.29 is 24.2 Å². The van der Waals surface area contributed by atoms with Crippen molar-refractivity contribution in [1.82, 2.24) is 4.90 Å². The zero-order valence-electron chi connectivity index (χ0n) is 11.3. The van der Waals surface area contributed by atoms with E-state index in [1.54, 1.807) is 12.1 Å². The second kappa shape index (κ2) is 7.72. The number of halogens is 1. The zero-order chi connectivity index (χ0) is 15.1. The van der Waals surface area contributed by atoms with Crippen molar-refractivity contribution in [1.29, 1.82) is 0 Å². The van der Waals surface area contributed by atoms with E-state index < -0.39 is 18.4 Å². The highest BCUT2D eigenvalue weighted by atomic mass is 35.5. The van der Waals surface area contributed by atoms with Gasteiger partial charge in [-0.3, -0.25) is 9.59 Å². The highest BCUT2D eigenvalue weighted by Crippen LogP contribution is 2.24. The number of nitrogens with zero attached hydrogens (tertiary/aromatic N) is 1. The molecule has 0 fully saturated rings. The Morgan fingerprint density at radius 1 is 1.35 bits per heavy atom. The summed E-state index contributed by atoms with van der Waals surface area (Å²) in [4.78, 5) is 23.9. The van der Waals surface area contributed by atoms with Crippen molar-refractivity contribution in [2.24, 2.45) is 0 Å². The van der Waals surface area contributed by atoms with Gasteiger partial charge in [0.25, 0.3) is 5.91 Å². The molecule has 0 heterocycles. The third kappa shape index (κ3) is 4.71. The van der Waals surface area contributed by atoms with E-state index in [1.165, 1.54) is 20.2 Å². The average Bonchev–Trinajstić information content (AvgIpc) is 2.39. The summed E-state index contributed by atoms with van der Waals surface area (Å²) in [5.41, 5.74) is 0.220. The van der Waals surface area contributed by atoms with E-state index in [2.05, 4.69) is 0 Å². The summed E-state index contributed by atoms with van der Waals surface area (Å²) in [6.45, 7) is 0.255. The van der Waals surface area contributed by atoms with Gasteiger partial charge in [0, 0.05) is 19.2 Å². The molecule has 0 aliphatic rings. The summed E-state index contributed by atoms with van der Waals surface area (Å²) in [5, 5.41) is 9.08. The largest absolute Gasteiger partial charge is 0.490 e. The summed E-state index contributed by atoms with van der Waals surface area (Å²) in [6.07, 6.45) is 0. The van der Waals surface area contributed by atoms with Gasteiger partial charge in [0.05, 0.1) is 12.2 Å². The molecule has 6 nitrogen and oxygen atoms in total. The maximum Gasteiger partial charge on any atom is 0.323 e. The summed E-state index contributed by atoms with van der Waals surface area (Å²) in [6, 6.07) is 4.61. The third-order valence-corrected chi connectivity index (χ3v) is 2.67. The Bertz CT molecular complexity index is 492. The Labute approximate surface area is 121 Å². The second-order valence-corrected chi connectivity index (χ2v) is 4.47. The fourth-order valence-corrected chi connectivity index (χ4v) is 1.68. The molecule has 1 N–H and O–H groups in total. The highest BCUT2D eigenvalue weighted by Gasteiger charge is 2.19. The number of rotatable bonds is 7. The maximum absolute atomic E-state index is 12.2. The van der Waals surface area contributed by atoms with Crippen LogP contribution in [0.1, 0.15) is 10.4 Å². The number of carbonyl (C=O) groups is 2. The first kappa shape index (κ1) is 16.3. The predicted octanol–water partition coefficient (Wildman–Crippen LogP) is 1.52. The fraction of sp³-hybridized carbons (Fsp3) is 0.385. The molecular weight excluding hydrogens is 286 g/mol. The van der Waals surface area contributed by atoms with Crippen LogP contribution < -0.4 is 4.74 Å². The predicted molar refractivity (Wildman–Crippen MR) is 73.4 cm³/mol. The highest BCUT2D eigenvalue weighted by molar-refractivity contribution is 6.31. The molecule has 110 valence electrons. The molecule has 7 heteroatoms. The number of hydrogen-bond acceptors (Lipinski definition) is 4. The fourth-order valence-electron chi connectivity index (χ4n) is 1.51. The Balaban J connectivity index is 2.92. The first-order chi connectivity index (χ1) is 9.45. The molecule has 1 rings (SSSR count). The van der Waals surface area contributed by atoms with Crippen LogP contribution in [0.15, 0.2) is 18.2 Å². The number of aliphatic carboxylic acids is 1. The minimum absolute atomic E-state index is 0.220. The van der Waals surface area contributed by atoms with Gasteiger partial charge in [-0.1, -0.05) is 11.6 Å². The number of likely N-dealkylation sites (N-methyl/N-ethyl adjacent to an activating group) is 1. The van der Waals surface area contributed by atoms with Crippen LogP contribution in [0.25, 0.3) is 0 Å². The van der Waals surface area contributed by atoms with Crippen LogP contribution in [0.2, 0.25) is 5.02 Å². The van der Waals surface area contributed by atoms with Crippen molar-refractivity contribution in [3.63, 3.8) is 0 Å². The van der Waals surface area contributed by atoms with E-state index in [-0.39, 0.29) is 12.2 Å². The minimum Gasteiger partial charge on any atom is -0.490 e. The van der Waals surface area contributed by atoms with Crippen LogP contribution in [-0.2, 0) is 9.53 Å². The first-order valence-electron chi connectivity index (χ1n) is 5.84. The topological polar surface area (TPSA) is 76.1 Å². The third-order valence-electron chi connectivity index (χ3n) is 2.44. The van der Waals surface area contributed by atoms with Crippen LogP contribution in [0.5, 0.6) is 5.75 Å². The van der Waals surface area contributed by atoms with Crippen molar-refractivity contribution in [2.75, 3.05) is 33.9 Å². The smallest absolute Gasteiger partial charge is 0.323 e. The van der Waals surface area contributed by atoms with Crippen LogP contribution >= 0.6 is 11.6 Å². The number of carboxylic acids is 1. The van der Waals surface area contributed by atoms with Crippen molar-refractivity contribution in [3.8, 4) is 5.75 Å². The number of benzene rings is 1. The van der Waals surface area contributed by atoms with Crippen molar-refractivity contribution in [3.05, 3.63) is 28.8 Å². The lowest BCUT2D eigenvalue weighted by molar-refractivity contribution is -0.137. The SMILES string of the molecule is COCCOc1ccc(Cl)cc1C(=O)N(C)CC(=O)O. The Kier molecular flexibility index (Phi) is 6.27. The molecule has 0 unspecified atom stereocenters. The van der Waals surface area contributed by atoms with E-state index >= 15 is 0 Å². The standard InChI is InChI=1S/C13H16ClNO5/c1-15(8-12(16)17)13(18)10-7-9(14)3-4-11(10)20-6-5-19-2/h3-4,7H,5-6,8H2,1-2H3,(H,16,17). The summed E-state index contributed by atoms with van der Waals surface area (Å²) in [5.74, 6) is -1.22. The quantitative estimate of drug-likeness (QED) is 0.773. The van der Waals surface area contributed by atoms with Gasteiger partial charge in [0.2, 0.25) is 0 Å². The van der Waals surface area contributed by atoms with E-state index in [4.69, 9.17) is 26.2 Å². The summed E-state index contributed by atoms with van der Waals surface area (Å²) >= 11 is 5.87.